The molecule has 6 aromatic rings. The molecule has 0 saturated carbocycles. The molecule has 0 unspecified atom stereocenters. The van der Waals surface area contributed by atoms with Gasteiger partial charge in [0.05, 0.1) is 57.3 Å². The number of amides is 1. The molecule has 60 heavy (non-hydrogen) atoms. The number of nitrogens with one attached hydrogen (secondary N) is 1. The molecule has 6 rings (SSSR count). The lowest BCUT2D eigenvalue weighted by atomic mass is 10.1. The minimum Gasteiger partial charge on any atom is -0.505 e. The number of phenols is 1. The first kappa shape index (κ1) is 43.0. The van der Waals surface area contributed by atoms with E-state index < -0.39 is 5.97 Å². The minimum absolute atomic E-state index is 0.0390. The number of azo groups is 3. The van der Waals surface area contributed by atoms with E-state index in [2.05, 4.69) is 50.4 Å². The summed E-state index contributed by atoms with van der Waals surface area (Å²) < 4.78 is 9.06. The number of carboxylic acid groups (broad SMARTS) is 1. The molecule has 0 bridgehead atoms. The van der Waals surface area contributed by atoms with E-state index in [0.717, 1.165) is 11.1 Å². The van der Waals surface area contributed by atoms with Crippen LogP contribution in [0.2, 0.25) is 0 Å². The number of fused-ring (bicyclic) bond motifs is 1. The van der Waals surface area contributed by atoms with Crippen LogP contribution >= 0.6 is 24.1 Å². The number of carbonyl (C=O) groups is 2. The van der Waals surface area contributed by atoms with E-state index in [1.165, 1.54) is 18.2 Å². The molecule has 0 spiro atoms. The number of rotatable bonds is 15. The maximum atomic E-state index is 12.8. The topological polar surface area (TPSA) is 264 Å². The molecule has 0 fully saturated rings. The van der Waals surface area contributed by atoms with Gasteiger partial charge in [-0.25, -0.2) is 15.3 Å². The van der Waals surface area contributed by atoms with Gasteiger partial charge in [0.25, 0.3) is 5.91 Å². The van der Waals surface area contributed by atoms with Gasteiger partial charge in [-0.15, -0.1) is 18.9 Å². The summed E-state index contributed by atoms with van der Waals surface area (Å²) in [5.41, 5.74) is 12.2. The molecule has 7 N–H and O–H groups in total. The number of carboxylic acids is 1. The molecule has 0 aliphatic rings. The van der Waals surface area contributed by atoms with E-state index in [0.29, 0.717) is 90.6 Å². The van der Waals surface area contributed by atoms with Crippen LogP contribution in [0.4, 0.5) is 45.5 Å². The average Bonchev–Trinajstić information content (AvgIpc) is 3.23. The molecule has 1 amide bonds. The number of carbonyl (C=O) groups excluding carboxylic acids is 1. The van der Waals surface area contributed by atoms with Crippen molar-refractivity contribution in [3.05, 3.63) is 124 Å². The maximum absolute atomic E-state index is 12.8. The quantitative estimate of drug-likeness (QED) is 0.0185. The van der Waals surface area contributed by atoms with Crippen LogP contribution in [0.3, 0.4) is 0 Å². The van der Waals surface area contributed by atoms with Gasteiger partial charge in [0.1, 0.15) is 11.4 Å². The first-order chi connectivity index (χ1) is 28.8. The van der Waals surface area contributed by atoms with E-state index >= 15 is 0 Å². The average molecular weight is 851 g/mol. The highest BCUT2D eigenvalue weighted by Gasteiger charge is 2.17. The molecule has 0 aliphatic heterocycles. The van der Waals surface area contributed by atoms with Crippen molar-refractivity contribution in [2.24, 2.45) is 30.7 Å². The fraction of sp³-hybridized carbons (Fsp3) is 0.100. The van der Waals surface area contributed by atoms with Crippen molar-refractivity contribution >= 4 is 92.2 Å². The SMILES string of the molecule is Cc1cc(N=Nc2ccc(SOOO)cc2C(=O)O)c(C)cc1N=Nc1cc(C)c(N=Nc2c(SOOO)cc3cc(NC(=O)c4ccc(N)cc4)ccc3c2O)cc1C. The summed E-state index contributed by atoms with van der Waals surface area (Å²) in [4.78, 5) is 25.2. The Kier molecular flexibility index (Phi) is 13.9. The normalized spacial score (nSPS) is 11.7. The molecule has 6 aromatic carbocycles. The predicted molar refractivity (Wildman–Crippen MR) is 223 cm³/mol. The Morgan fingerprint density at radius 2 is 1.17 bits per heavy atom. The van der Waals surface area contributed by atoms with Gasteiger partial charge < -0.3 is 21.3 Å². The highest BCUT2D eigenvalue weighted by Crippen LogP contribution is 2.45. The lowest BCUT2D eigenvalue weighted by Crippen LogP contribution is -2.11. The molecule has 0 radical (unpaired) electrons. The Morgan fingerprint density at radius 3 is 1.72 bits per heavy atom. The number of aromatic carboxylic acids is 1. The zero-order valence-corrected chi connectivity index (χ0v) is 33.6. The number of nitrogens with two attached hydrogens (primary N) is 1. The summed E-state index contributed by atoms with van der Waals surface area (Å²) in [5, 5.41) is 75.5. The van der Waals surface area contributed by atoms with Gasteiger partial charge in [0, 0.05) is 27.2 Å². The maximum Gasteiger partial charge on any atom is 0.338 e. The van der Waals surface area contributed by atoms with Crippen molar-refractivity contribution in [2.45, 2.75) is 37.5 Å². The largest absolute Gasteiger partial charge is 0.505 e. The molecular formula is C40H34N8O10S2. The highest BCUT2D eigenvalue weighted by atomic mass is 32.2. The fourth-order valence-electron chi connectivity index (χ4n) is 5.68. The van der Waals surface area contributed by atoms with Gasteiger partial charge in [-0.3, -0.25) is 4.79 Å². The Hall–Kier alpha value is -6.62. The van der Waals surface area contributed by atoms with Gasteiger partial charge in [-0.05, 0) is 146 Å². The third kappa shape index (κ3) is 10.3. The van der Waals surface area contributed by atoms with Crippen LogP contribution in [0, 0.1) is 27.7 Å². The van der Waals surface area contributed by atoms with Gasteiger partial charge in [-0.2, -0.15) is 20.5 Å². The first-order valence-corrected chi connectivity index (χ1v) is 18.9. The molecule has 0 heterocycles. The zero-order chi connectivity index (χ0) is 42.9. The van der Waals surface area contributed by atoms with Crippen LogP contribution in [0.15, 0.2) is 131 Å². The van der Waals surface area contributed by atoms with E-state index in [4.69, 9.17) is 20.6 Å². The van der Waals surface area contributed by atoms with Crippen LogP contribution < -0.4 is 11.1 Å². The number of aromatic hydroxyl groups is 1. The standard InChI is InChI=1S/C40H34N8O10S2/c1-20-14-33(21(2)13-32(20)44-43-31-12-10-28(59-57-55-53)19-30(31)40(51)52)45-46-34-15-23(4)35(16-22(34)3)47-48-37-36(60-58-56-54)18-25-17-27(9-11-29(25)38(37)49)42-39(50)24-5-7-26(41)8-6-24/h5-19,49,53-54H,41H2,1-4H3,(H,42,50)(H,51,52). The second-order valence-electron chi connectivity index (χ2n) is 13.0. The fourth-order valence-corrected chi connectivity index (χ4v) is 6.57. The Bertz CT molecular complexity index is 2700. The molecule has 0 aliphatic carbocycles. The second kappa shape index (κ2) is 19.4. The molecule has 0 atom stereocenters. The Morgan fingerprint density at radius 1 is 0.633 bits per heavy atom. The number of nitrogen functional groups attached to an aromatic ring is 1. The van der Waals surface area contributed by atoms with Crippen LogP contribution in [0.25, 0.3) is 10.8 Å². The van der Waals surface area contributed by atoms with E-state index in [-0.39, 0.29) is 33.5 Å². The number of phenolic OH excluding ortho intramolecular Hbond substituents is 1. The number of anilines is 2. The van der Waals surface area contributed by atoms with Crippen LogP contribution in [0.5, 0.6) is 5.75 Å². The lowest BCUT2D eigenvalue weighted by Gasteiger charge is -2.11. The van der Waals surface area contributed by atoms with Crippen LogP contribution in [-0.2, 0) is 18.7 Å². The van der Waals surface area contributed by atoms with E-state index in [1.807, 2.05) is 27.7 Å². The predicted octanol–water partition coefficient (Wildman–Crippen LogP) is 12.4. The van der Waals surface area contributed by atoms with Crippen LogP contribution in [0.1, 0.15) is 43.0 Å². The second-order valence-corrected chi connectivity index (χ2v) is 14.5. The molecule has 20 heteroatoms. The number of benzene rings is 6. The molecular weight excluding hydrogens is 817 g/mol. The molecule has 306 valence electrons. The minimum atomic E-state index is -1.23. The monoisotopic (exact) mass is 850 g/mol. The summed E-state index contributed by atoms with van der Waals surface area (Å²) in [5.74, 6) is -1.81. The van der Waals surface area contributed by atoms with Crippen molar-refractivity contribution < 1.29 is 49.1 Å². The Labute approximate surface area is 349 Å². The van der Waals surface area contributed by atoms with Gasteiger partial charge in [0.2, 0.25) is 0 Å². The van der Waals surface area contributed by atoms with Crippen molar-refractivity contribution in [2.75, 3.05) is 11.1 Å². The zero-order valence-electron chi connectivity index (χ0n) is 32.0. The van der Waals surface area contributed by atoms with Gasteiger partial charge in [-0.1, -0.05) is 10.1 Å². The number of aryl methyl sites for hydroxylation is 4. The third-order valence-corrected chi connectivity index (χ3v) is 10.0. The summed E-state index contributed by atoms with van der Waals surface area (Å²) in [6.45, 7) is 7.30. The number of hydrogen-bond acceptors (Lipinski definition) is 18. The summed E-state index contributed by atoms with van der Waals surface area (Å²) in [6, 6.07) is 24.4. The summed E-state index contributed by atoms with van der Waals surface area (Å²) in [7, 11) is 0. The van der Waals surface area contributed by atoms with Crippen molar-refractivity contribution in [1.82, 2.24) is 0 Å². The van der Waals surface area contributed by atoms with Gasteiger partial charge >= 0.3 is 5.97 Å². The summed E-state index contributed by atoms with van der Waals surface area (Å²) in [6.07, 6.45) is 0. The van der Waals surface area contributed by atoms with Crippen molar-refractivity contribution in [1.29, 1.82) is 0 Å². The summed E-state index contributed by atoms with van der Waals surface area (Å²) >= 11 is 1.22. The van der Waals surface area contributed by atoms with Crippen molar-refractivity contribution in [3.63, 3.8) is 0 Å². The van der Waals surface area contributed by atoms with Gasteiger partial charge in [0.15, 0.2) is 5.75 Å². The number of hydrogen-bond donors (Lipinski definition) is 6. The van der Waals surface area contributed by atoms with E-state index in [1.54, 1.807) is 72.8 Å². The molecule has 0 saturated heterocycles. The molecule has 0 aromatic heterocycles. The molecule has 18 nitrogen and oxygen atoms in total. The Balaban J connectivity index is 1.21. The highest BCUT2D eigenvalue weighted by molar-refractivity contribution is 7.94. The first-order valence-electron chi connectivity index (χ1n) is 17.5. The number of nitrogens with zero attached hydrogens (tertiary/aromatic N) is 6. The van der Waals surface area contributed by atoms with Crippen LogP contribution in [-0.4, -0.2) is 32.6 Å². The van der Waals surface area contributed by atoms with Crippen molar-refractivity contribution in [3.8, 4) is 5.75 Å². The smallest absolute Gasteiger partial charge is 0.338 e. The van der Waals surface area contributed by atoms with E-state index in [9.17, 15) is 19.8 Å². The lowest BCUT2D eigenvalue weighted by molar-refractivity contribution is -0.432. The third-order valence-electron chi connectivity index (χ3n) is 8.81.